The molecule has 34 heavy (non-hydrogen) atoms. The molecule has 1 nitrogen and oxygen atoms in total. The molecule has 2 heteroatoms. The maximum atomic E-state index is 4.32. The van der Waals surface area contributed by atoms with Crippen molar-refractivity contribution in [2.24, 2.45) is 0 Å². The van der Waals surface area contributed by atoms with Crippen LogP contribution >= 0.6 is 0 Å². The molecule has 0 saturated carbocycles. The van der Waals surface area contributed by atoms with Crippen LogP contribution in [0.4, 0.5) is 0 Å². The molecule has 0 aliphatic carbocycles. The Bertz CT molecular complexity index is 1560. The van der Waals surface area contributed by atoms with E-state index >= 15 is 0 Å². The zero-order chi connectivity index (χ0) is 22.7. The minimum absolute atomic E-state index is 0.327. The van der Waals surface area contributed by atoms with Gasteiger partial charge in [-0.3, -0.25) is 4.98 Å². The first-order valence-electron chi connectivity index (χ1n) is 11.8. The van der Waals surface area contributed by atoms with Gasteiger partial charge in [0.2, 0.25) is 6.71 Å². The zero-order valence-electron chi connectivity index (χ0n) is 18.9. The number of fused-ring (bicyclic) bond motifs is 3. The summed E-state index contributed by atoms with van der Waals surface area (Å²) in [6.45, 7) is 0.327. The molecule has 5 aromatic carbocycles. The van der Waals surface area contributed by atoms with Crippen molar-refractivity contribution in [1.29, 1.82) is 0 Å². The topological polar surface area (TPSA) is 12.9 Å². The molecule has 6 rings (SSSR count). The molecular formula is C32H24BN. The predicted molar refractivity (Wildman–Crippen MR) is 146 cm³/mol. The molecule has 0 N–H and O–H groups in total. The van der Waals surface area contributed by atoms with Crippen LogP contribution < -0.4 is 10.9 Å². The third-order valence-corrected chi connectivity index (χ3v) is 6.77. The Balaban J connectivity index is 1.35. The lowest BCUT2D eigenvalue weighted by Gasteiger charge is -2.16. The fourth-order valence-corrected chi connectivity index (χ4v) is 4.95. The van der Waals surface area contributed by atoms with Crippen LogP contribution in [-0.4, -0.2) is 11.7 Å². The Labute approximate surface area is 200 Å². The highest BCUT2D eigenvalue weighted by Crippen LogP contribution is 2.29. The Morgan fingerprint density at radius 3 is 2.00 bits per heavy atom. The van der Waals surface area contributed by atoms with Gasteiger partial charge in [-0.05, 0) is 45.7 Å². The minimum atomic E-state index is 0.327. The lowest BCUT2D eigenvalue weighted by Crippen LogP contribution is -2.44. The molecule has 0 amide bonds. The van der Waals surface area contributed by atoms with Crippen molar-refractivity contribution in [3.8, 4) is 11.1 Å². The standard InChI is InChI=1S/C32H24BN/c1-3-7-24(8-4-1)22-33(29-9-5-2-6-10-29)30-16-13-25(14-17-30)27-15-18-31-28(21-27)12-11-26-19-20-34-23-32(26)31/h1-21,23H,22H2. The largest absolute Gasteiger partial charge is 0.264 e. The summed E-state index contributed by atoms with van der Waals surface area (Å²) in [5, 5.41) is 4.92. The summed E-state index contributed by atoms with van der Waals surface area (Å²) < 4.78 is 0. The van der Waals surface area contributed by atoms with Crippen LogP contribution in [0.2, 0.25) is 0 Å². The summed E-state index contributed by atoms with van der Waals surface area (Å²) in [4.78, 5) is 4.32. The molecule has 0 saturated heterocycles. The zero-order valence-corrected chi connectivity index (χ0v) is 18.9. The lowest BCUT2D eigenvalue weighted by atomic mass is 9.38. The summed E-state index contributed by atoms with van der Waals surface area (Å²) in [6, 6.07) is 43.9. The summed E-state index contributed by atoms with van der Waals surface area (Å²) >= 11 is 0. The van der Waals surface area contributed by atoms with Crippen LogP contribution in [0.3, 0.4) is 0 Å². The molecule has 0 bridgehead atoms. The van der Waals surface area contributed by atoms with Crippen molar-refractivity contribution in [2.45, 2.75) is 6.32 Å². The quantitative estimate of drug-likeness (QED) is 0.225. The summed E-state index contributed by atoms with van der Waals surface area (Å²) in [7, 11) is 0. The molecule has 0 atom stereocenters. The second kappa shape index (κ2) is 9.00. The van der Waals surface area contributed by atoms with Crippen LogP contribution in [0.5, 0.6) is 0 Å². The van der Waals surface area contributed by atoms with Crippen molar-refractivity contribution in [3.63, 3.8) is 0 Å². The van der Waals surface area contributed by atoms with Crippen molar-refractivity contribution >= 4 is 39.2 Å². The Morgan fingerprint density at radius 1 is 0.529 bits per heavy atom. The van der Waals surface area contributed by atoms with Gasteiger partial charge >= 0.3 is 0 Å². The molecule has 0 spiro atoms. The van der Waals surface area contributed by atoms with Gasteiger partial charge in [-0.15, -0.1) is 0 Å². The highest BCUT2D eigenvalue weighted by molar-refractivity contribution is 6.84. The number of benzene rings is 5. The highest BCUT2D eigenvalue weighted by Gasteiger charge is 2.19. The van der Waals surface area contributed by atoms with E-state index in [2.05, 4.69) is 126 Å². The third-order valence-electron chi connectivity index (χ3n) is 6.77. The molecular weight excluding hydrogens is 409 g/mol. The van der Waals surface area contributed by atoms with Gasteiger partial charge in [0.05, 0.1) is 0 Å². The van der Waals surface area contributed by atoms with Crippen molar-refractivity contribution < 1.29 is 0 Å². The number of rotatable bonds is 5. The van der Waals surface area contributed by atoms with E-state index in [-0.39, 0.29) is 0 Å². The van der Waals surface area contributed by atoms with Crippen LogP contribution in [-0.2, 0) is 6.32 Å². The predicted octanol–water partition coefficient (Wildman–Crippen LogP) is 6.45. The molecule has 6 aromatic rings. The smallest absolute Gasteiger partial charge is 0.213 e. The van der Waals surface area contributed by atoms with Gasteiger partial charge in [0, 0.05) is 17.8 Å². The Morgan fingerprint density at radius 2 is 1.21 bits per heavy atom. The number of hydrogen-bond acceptors (Lipinski definition) is 1. The average molecular weight is 433 g/mol. The van der Waals surface area contributed by atoms with Gasteiger partial charge < -0.3 is 0 Å². The molecule has 0 unspecified atom stereocenters. The second-order valence-electron chi connectivity index (χ2n) is 8.87. The van der Waals surface area contributed by atoms with E-state index in [1.165, 1.54) is 49.2 Å². The van der Waals surface area contributed by atoms with E-state index in [1.54, 1.807) is 0 Å². The number of nitrogens with zero attached hydrogens (tertiary/aromatic N) is 1. The molecule has 160 valence electrons. The second-order valence-corrected chi connectivity index (χ2v) is 8.87. The first kappa shape index (κ1) is 20.4. The maximum absolute atomic E-state index is 4.32. The van der Waals surface area contributed by atoms with Gasteiger partial charge in [-0.1, -0.05) is 126 Å². The normalized spacial score (nSPS) is 11.1. The van der Waals surface area contributed by atoms with Crippen molar-refractivity contribution in [1.82, 2.24) is 4.98 Å². The maximum Gasteiger partial charge on any atom is 0.213 e. The molecule has 1 aromatic heterocycles. The third kappa shape index (κ3) is 3.99. The molecule has 0 aliphatic heterocycles. The van der Waals surface area contributed by atoms with E-state index in [1.807, 2.05) is 12.4 Å². The van der Waals surface area contributed by atoms with E-state index in [4.69, 9.17) is 0 Å². The SMILES string of the molecule is c1ccc(CB(c2ccccc2)c2ccc(-c3ccc4c(ccc5ccncc54)c3)cc2)cc1. The lowest BCUT2D eigenvalue weighted by molar-refractivity contribution is 1.37. The molecule has 1 heterocycles. The highest BCUT2D eigenvalue weighted by atomic mass is 14.6. The monoisotopic (exact) mass is 433 g/mol. The van der Waals surface area contributed by atoms with Crippen LogP contribution in [0.1, 0.15) is 5.56 Å². The number of hydrogen-bond donors (Lipinski definition) is 0. The van der Waals surface area contributed by atoms with Gasteiger partial charge in [-0.25, -0.2) is 0 Å². The van der Waals surface area contributed by atoms with Gasteiger partial charge in [0.25, 0.3) is 0 Å². The summed E-state index contributed by atoms with van der Waals surface area (Å²) in [5.41, 5.74) is 6.53. The fourth-order valence-electron chi connectivity index (χ4n) is 4.95. The fraction of sp³-hybridized carbons (Fsp3) is 0.0312. The number of aromatic nitrogens is 1. The van der Waals surface area contributed by atoms with Crippen molar-refractivity contribution in [2.75, 3.05) is 0 Å². The first-order chi connectivity index (χ1) is 16.8. The van der Waals surface area contributed by atoms with E-state index in [0.29, 0.717) is 6.71 Å². The van der Waals surface area contributed by atoms with E-state index < -0.39 is 0 Å². The van der Waals surface area contributed by atoms with E-state index in [9.17, 15) is 0 Å². The summed E-state index contributed by atoms with van der Waals surface area (Å²) in [6.07, 6.45) is 4.80. The van der Waals surface area contributed by atoms with Crippen molar-refractivity contribution in [3.05, 3.63) is 139 Å². The molecule has 0 aliphatic rings. The Hall–Kier alpha value is -4.17. The van der Waals surface area contributed by atoms with E-state index in [0.717, 1.165) is 6.32 Å². The van der Waals surface area contributed by atoms with Gasteiger partial charge in [0.1, 0.15) is 0 Å². The van der Waals surface area contributed by atoms with Gasteiger partial charge in [-0.2, -0.15) is 0 Å². The average Bonchev–Trinajstić information content (AvgIpc) is 2.92. The Kier molecular flexibility index (Phi) is 5.41. The summed E-state index contributed by atoms with van der Waals surface area (Å²) in [5.74, 6) is 0. The first-order valence-corrected chi connectivity index (χ1v) is 11.8. The van der Waals surface area contributed by atoms with Crippen LogP contribution in [0, 0.1) is 0 Å². The molecule has 0 fully saturated rings. The van der Waals surface area contributed by atoms with Gasteiger partial charge in [0.15, 0.2) is 0 Å². The van der Waals surface area contributed by atoms with Crippen LogP contribution in [0.15, 0.2) is 134 Å². The van der Waals surface area contributed by atoms with Crippen LogP contribution in [0.25, 0.3) is 32.7 Å². The molecule has 0 radical (unpaired) electrons. The minimum Gasteiger partial charge on any atom is -0.264 e. The number of pyridine rings is 1.